The zero-order valence-corrected chi connectivity index (χ0v) is 21.1. The zero-order chi connectivity index (χ0) is 24.1. The smallest absolute Gasteiger partial charge is 0.227 e. The Balaban J connectivity index is 1.25. The van der Waals surface area contributed by atoms with E-state index in [1.54, 1.807) is 18.9 Å². The number of carbonyl (C=O) groups is 2. The standard InChI is InChI=1S/C25H31ClN4O3S/c1-17-20(24(32)28-25(27-17)34-16-18-6-5-7-19(14-18)33-2)15-23(31)30-12-10-29(11-13-30)22-9-4-3-8-21(22)26/h3-9,14,17,20,25,27H,10-13,15-16H2,1-2H3,(H,28,32). The highest BCUT2D eigenvalue weighted by atomic mass is 35.5. The van der Waals surface area contributed by atoms with E-state index in [2.05, 4.69) is 15.5 Å². The van der Waals surface area contributed by atoms with Crippen LogP contribution in [0.1, 0.15) is 18.9 Å². The quantitative estimate of drug-likeness (QED) is 0.605. The molecule has 2 amide bonds. The largest absolute Gasteiger partial charge is 0.497 e. The van der Waals surface area contributed by atoms with Gasteiger partial charge in [0.2, 0.25) is 11.8 Å². The average Bonchev–Trinajstić information content (AvgIpc) is 2.85. The van der Waals surface area contributed by atoms with Gasteiger partial charge in [-0.05, 0) is 36.8 Å². The number of hydrogen-bond acceptors (Lipinski definition) is 6. The Morgan fingerprint density at radius 1 is 1.15 bits per heavy atom. The van der Waals surface area contributed by atoms with Gasteiger partial charge < -0.3 is 19.9 Å². The van der Waals surface area contributed by atoms with Crippen LogP contribution in [0.15, 0.2) is 48.5 Å². The van der Waals surface area contributed by atoms with Gasteiger partial charge in [0.05, 0.1) is 23.7 Å². The molecule has 2 aromatic carbocycles. The number of ether oxygens (including phenoxy) is 1. The van der Waals surface area contributed by atoms with E-state index >= 15 is 0 Å². The SMILES string of the molecule is COc1cccc(CSC2NC(=O)C(CC(=O)N3CCN(c4ccccc4Cl)CC3)C(C)N2)c1. The number of para-hydroxylation sites is 1. The van der Waals surface area contributed by atoms with Gasteiger partial charge in [0.1, 0.15) is 11.2 Å². The molecule has 182 valence electrons. The summed E-state index contributed by atoms with van der Waals surface area (Å²) in [6, 6.07) is 15.6. The van der Waals surface area contributed by atoms with Crippen molar-refractivity contribution in [3.8, 4) is 5.75 Å². The first-order valence-corrected chi connectivity index (χ1v) is 13.0. The van der Waals surface area contributed by atoms with Gasteiger partial charge in [-0.3, -0.25) is 14.9 Å². The Hall–Kier alpha value is -2.42. The van der Waals surface area contributed by atoms with Crippen molar-refractivity contribution >= 4 is 40.9 Å². The topological polar surface area (TPSA) is 73.9 Å². The highest BCUT2D eigenvalue weighted by Gasteiger charge is 2.36. The van der Waals surface area contributed by atoms with Crippen LogP contribution < -0.4 is 20.3 Å². The number of piperazine rings is 1. The van der Waals surface area contributed by atoms with Crippen molar-refractivity contribution in [1.29, 1.82) is 0 Å². The first-order valence-electron chi connectivity index (χ1n) is 11.5. The summed E-state index contributed by atoms with van der Waals surface area (Å²) in [7, 11) is 1.65. The molecule has 0 radical (unpaired) electrons. The van der Waals surface area contributed by atoms with E-state index < -0.39 is 0 Å². The van der Waals surface area contributed by atoms with Crippen LogP contribution in [-0.2, 0) is 15.3 Å². The Bertz CT molecular complexity index is 1020. The highest BCUT2D eigenvalue weighted by Crippen LogP contribution is 2.27. The van der Waals surface area contributed by atoms with Crippen LogP contribution in [0.2, 0.25) is 5.02 Å². The van der Waals surface area contributed by atoms with Crippen LogP contribution in [0.5, 0.6) is 5.75 Å². The number of amides is 2. The fraction of sp³-hybridized carbons (Fsp3) is 0.440. The summed E-state index contributed by atoms with van der Waals surface area (Å²) in [4.78, 5) is 29.9. The Kier molecular flexibility index (Phi) is 8.24. The minimum atomic E-state index is -0.386. The summed E-state index contributed by atoms with van der Waals surface area (Å²) >= 11 is 7.93. The van der Waals surface area contributed by atoms with Crippen molar-refractivity contribution in [1.82, 2.24) is 15.5 Å². The second-order valence-corrected chi connectivity index (χ2v) is 10.1. The molecule has 2 aromatic rings. The molecule has 0 spiro atoms. The van der Waals surface area contributed by atoms with Crippen molar-refractivity contribution in [2.45, 2.75) is 30.6 Å². The number of halogens is 1. The Morgan fingerprint density at radius 3 is 2.62 bits per heavy atom. The van der Waals surface area contributed by atoms with Crippen LogP contribution in [-0.4, -0.2) is 61.5 Å². The Labute approximate surface area is 210 Å². The van der Waals surface area contributed by atoms with Crippen molar-refractivity contribution in [3.05, 3.63) is 59.1 Å². The number of hydrogen-bond donors (Lipinski definition) is 2. The van der Waals surface area contributed by atoms with Gasteiger partial charge in [0, 0.05) is 44.4 Å². The number of nitrogens with one attached hydrogen (secondary N) is 2. The maximum absolute atomic E-state index is 13.0. The van der Waals surface area contributed by atoms with Gasteiger partial charge in [-0.2, -0.15) is 0 Å². The van der Waals surface area contributed by atoms with E-state index in [1.165, 1.54) is 0 Å². The molecule has 7 nitrogen and oxygen atoms in total. The molecule has 3 atom stereocenters. The lowest BCUT2D eigenvalue weighted by Gasteiger charge is -2.39. The number of methoxy groups -OCH3 is 1. The number of rotatable bonds is 7. The lowest BCUT2D eigenvalue weighted by Crippen LogP contribution is -2.60. The first kappa shape index (κ1) is 24.7. The predicted octanol–water partition coefficient (Wildman–Crippen LogP) is 3.33. The predicted molar refractivity (Wildman–Crippen MR) is 137 cm³/mol. The normalized spacial score (nSPS) is 22.9. The molecule has 4 rings (SSSR count). The molecule has 34 heavy (non-hydrogen) atoms. The minimum Gasteiger partial charge on any atom is -0.497 e. The monoisotopic (exact) mass is 502 g/mol. The second-order valence-electron chi connectivity index (χ2n) is 8.64. The molecule has 2 aliphatic rings. The third-order valence-corrected chi connectivity index (χ3v) is 7.81. The molecule has 2 heterocycles. The van der Waals surface area contributed by atoms with E-state index in [-0.39, 0.29) is 35.7 Å². The van der Waals surface area contributed by atoms with Crippen molar-refractivity contribution in [3.63, 3.8) is 0 Å². The van der Waals surface area contributed by atoms with Crippen LogP contribution in [0.4, 0.5) is 5.69 Å². The molecule has 9 heteroatoms. The first-order chi connectivity index (χ1) is 16.4. The summed E-state index contributed by atoms with van der Waals surface area (Å²) in [5, 5.41) is 7.19. The fourth-order valence-corrected chi connectivity index (χ4v) is 5.69. The third-order valence-electron chi connectivity index (χ3n) is 6.40. The zero-order valence-electron chi connectivity index (χ0n) is 19.5. The number of nitrogens with zero attached hydrogens (tertiary/aromatic N) is 2. The number of thioether (sulfide) groups is 1. The summed E-state index contributed by atoms with van der Waals surface area (Å²) in [6.45, 7) is 4.68. The van der Waals surface area contributed by atoms with Gasteiger partial charge >= 0.3 is 0 Å². The molecule has 0 bridgehead atoms. The number of benzene rings is 2. The van der Waals surface area contributed by atoms with E-state index in [1.807, 2.05) is 60.4 Å². The van der Waals surface area contributed by atoms with Gasteiger partial charge in [-0.25, -0.2) is 0 Å². The van der Waals surface area contributed by atoms with Crippen LogP contribution >= 0.6 is 23.4 Å². The fourth-order valence-electron chi connectivity index (χ4n) is 4.38. The van der Waals surface area contributed by atoms with Crippen molar-refractivity contribution in [2.75, 3.05) is 38.2 Å². The van der Waals surface area contributed by atoms with Gasteiger partial charge in [-0.15, -0.1) is 11.8 Å². The van der Waals surface area contributed by atoms with Gasteiger partial charge in [0.25, 0.3) is 0 Å². The van der Waals surface area contributed by atoms with Gasteiger partial charge in [-0.1, -0.05) is 35.9 Å². The highest BCUT2D eigenvalue weighted by molar-refractivity contribution is 7.99. The molecule has 2 saturated heterocycles. The van der Waals surface area contributed by atoms with Crippen LogP contribution in [0.3, 0.4) is 0 Å². The second kappa shape index (κ2) is 11.3. The van der Waals surface area contributed by atoms with E-state index in [0.717, 1.165) is 40.9 Å². The van der Waals surface area contributed by atoms with E-state index in [9.17, 15) is 9.59 Å². The summed E-state index contributed by atoms with van der Waals surface area (Å²) in [6.07, 6.45) is 0.208. The minimum absolute atomic E-state index is 0.0232. The third kappa shape index (κ3) is 5.98. The lowest BCUT2D eigenvalue weighted by atomic mass is 9.94. The van der Waals surface area contributed by atoms with Crippen LogP contribution in [0, 0.1) is 5.92 Å². The average molecular weight is 503 g/mol. The number of carbonyl (C=O) groups excluding carboxylic acids is 2. The maximum Gasteiger partial charge on any atom is 0.227 e. The molecule has 3 unspecified atom stereocenters. The summed E-state index contributed by atoms with van der Waals surface area (Å²) in [5.74, 6) is 1.12. The molecular weight excluding hydrogens is 472 g/mol. The van der Waals surface area contributed by atoms with E-state index in [0.29, 0.717) is 13.1 Å². The molecule has 0 aromatic heterocycles. The lowest BCUT2D eigenvalue weighted by molar-refractivity contribution is -0.138. The summed E-state index contributed by atoms with van der Waals surface area (Å²) in [5.41, 5.74) is 1.93. The van der Waals surface area contributed by atoms with E-state index in [4.69, 9.17) is 16.3 Å². The molecule has 0 saturated carbocycles. The van der Waals surface area contributed by atoms with Gasteiger partial charge in [0.15, 0.2) is 0 Å². The van der Waals surface area contributed by atoms with Crippen LogP contribution in [0.25, 0.3) is 0 Å². The maximum atomic E-state index is 13.0. The number of anilines is 1. The molecular formula is C25H31ClN4O3S. The molecule has 2 fully saturated rings. The molecule has 2 N–H and O–H groups in total. The Morgan fingerprint density at radius 2 is 1.91 bits per heavy atom. The van der Waals surface area contributed by atoms with Crippen molar-refractivity contribution < 1.29 is 14.3 Å². The van der Waals surface area contributed by atoms with Crippen molar-refractivity contribution in [2.24, 2.45) is 5.92 Å². The molecule has 0 aliphatic carbocycles. The molecule has 2 aliphatic heterocycles. The summed E-state index contributed by atoms with van der Waals surface area (Å²) < 4.78 is 5.28.